The van der Waals surface area contributed by atoms with Gasteiger partial charge in [0.15, 0.2) is 0 Å². The monoisotopic (exact) mass is 180 g/mol. The minimum Gasteiger partial charge on any atom is -0.330 e. The van der Waals surface area contributed by atoms with E-state index in [-0.39, 0.29) is 12.6 Å². The van der Waals surface area contributed by atoms with Crippen LogP contribution < -0.4 is 5.73 Å². The van der Waals surface area contributed by atoms with Crippen LogP contribution in [0.4, 0.5) is 8.78 Å². The first-order valence-electron chi connectivity index (χ1n) is 4.30. The van der Waals surface area contributed by atoms with Crippen LogP contribution in [0.1, 0.15) is 19.8 Å². The molecule has 0 aromatic heterocycles. The van der Waals surface area contributed by atoms with Crippen LogP contribution in [0, 0.1) is 0 Å². The highest BCUT2D eigenvalue weighted by atomic mass is 19.3. The van der Waals surface area contributed by atoms with Crippen molar-refractivity contribution < 1.29 is 8.78 Å². The van der Waals surface area contributed by atoms with Crippen molar-refractivity contribution in [2.24, 2.45) is 5.73 Å². The number of alkyl halides is 2. The first-order chi connectivity index (χ1) is 5.61. The predicted molar refractivity (Wildman–Crippen MR) is 46.4 cm³/mol. The van der Waals surface area contributed by atoms with Crippen molar-refractivity contribution in [2.45, 2.75) is 32.2 Å². The molecule has 2 N–H and O–H groups in total. The molecule has 0 aliphatic rings. The zero-order valence-electron chi connectivity index (χ0n) is 7.76. The van der Waals surface area contributed by atoms with Gasteiger partial charge in [0.2, 0.25) is 0 Å². The van der Waals surface area contributed by atoms with Crippen molar-refractivity contribution in [3.05, 3.63) is 0 Å². The number of nitrogens with two attached hydrogens (primary N) is 1. The molecule has 0 amide bonds. The standard InChI is InChI=1S/C8H18F2N2/c1-3-7(4-5-11)12(2)6-8(9)10/h7-8H,3-6,11H2,1-2H3. The van der Waals surface area contributed by atoms with Crippen molar-refractivity contribution in [2.75, 3.05) is 20.1 Å². The molecule has 2 nitrogen and oxygen atoms in total. The van der Waals surface area contributed by atoms with Gasteiger partial charge in [0.25, 0.3) is 6.43 Å². The summed E-state index contributed by atoms with van der Waals surface area (Å²) < 4.78 is 23.9. The summed E-state index contributed by atoms with van der Waals surface area (Å²) in [6.07, 6.45) is -0.582. The normalized spacial score (nSPS) is 14.2. The van der Waals surface area contributed by atoms with Gasteiger partial charge in [-0.15, -0.1) is 0 Å². The summed E-state index contributed by atoms with van der Waals surface area (Å²) in [4.78, 5) is 1.68. The summed E-state index contributed by atoms with van der Waals surface area (Å²) in [5, 5.41) is 0. The Kier molecular flexibility index (Phi) is 6.20. The van der Waals surface area contributed by atoms with Gasteiger partial charge in [-0.05, 0) is 26.4 Å². The number of rotatable bonds is 6. The van der Waals surface area contributed by atoms with Crippen LogP contribution in [-0.4, -0.2) is 37.5 Å². The van der Waals surface area contributed by atoms with Gasteiger partial charge in [-0.3, -0.25) is 4.90 Å². The van der Waals surface area contributed by atoms with Crippen LogP contribution in [0.2, 0.25) is 0 Å². The highest BCUT2D eigenvalue weighted by molar-refractivity contribution is 4.67. The Bertz CT molecular complexity index is 109. The van der Waals surface area contributed by atoms with Crippen molar-refractivity contribution in [3.63, 3.8) is 0 Å². The van der Waals surface area contributed by atoms with E-state index in [1.807, 2.05) is 6.92 Å². The summed E-state index contributed by atoms with van der Waals surface area (Å²) in [7, 11) is 1.72. The molecular formula is C8H18F2N2. The molecule has 0 aliphatic carbocycles. The number of hydrogen-bond acceptors (Lipinski definition) is 2. The summed E-state index contributed by atoms with van der Waals surface area (Å²) in [5.74, 6) is 0. The summed E-state index contributed by atoms with van der Waals surface area (Å²) in [5.41, 5.74) is 5.36. The Balaban J connectivity index is 3.76. The van der Waals surface area contributed by atoms with Crippen molar-refractivity contribution in [1.29, 1.82) is 0 Å². The zero-order valence-corrected chi connectivity index (χ0v) is 7.76. The van der Waals surface area contributed by atoms with E-state index in [9.17, 15) is 8.78 Å². The Hall–Kier alpha value is -0.220. The quantitative estimate of drug-likeness (QED) is 0.667. The molecule has 0 bridgehead atoms. The summed E-state index contributed by atoms with van der Waals surface area (Å²) in [6.45, 7) is 2.40. The van der Waals surface area contributed by atoms with Crippen LogP contribution >= 0.6 is 0 Å². The lowest BCUT2D eigenvalue weighted by Crippen LogP contribution is -2.36. The first-order valence-corrected chi connectivity index (χ1v) is 4.30. The lowest BCUT2D eigenvalue weighted by molar-refractivity contribution is 0.0780. The molecule has 0 aromatic carbocycles. The molecule has 0 heterocycles. The third-order valence-electron chi connectivity index (χ3n) is 2.02. The Morgan fingerprint density at radius 2 is 2.00 bits per heavy atom. The van der Waals surface area contributed by atoms with Crippen LogP contribution in [0.15, 0.2) is 0 Å². The molecule has 0 radical (unpaired) electrons. The lowest BCUT2D eigenvalue weighted by Gasteiger charge is -2.26. The number of halogens is 2. The van der Waals surface area contributed by atoms with Crippen molar-refractivity contribution in [1.82, 2.24) is 4.90 Å². The average Bonchev–Trinajstić information content (AvgIpc) is 1.98. The maximum atomic E-state index is 11.9. The minimum atomic E-state index is -2.25. The molecule has 1 atom stereocenters. The topological polar surface area (TPSA) is 29.3 Å². The Labute approximate surface area is 72.7 Å². The third kappa shape index (κ3) is 4.62. The Morgan fingerprint density at radius 1 is 1.42 bits per heavy atom. The van der Waals surface area contributed by atoms with Crippen LogP contribution in [-0.2, 0) is 0 Å². The van der Waals surface area contributed by atoms with Gasteiger partial charge in [-0.2, -0.15) is 0 Å². The highest BCUT2D eigenvalue weighted by Gasteiger charge is 2.15. The van der Waals surface area contributed by atoms with E-state index < -0.39 is 6.43 Å². The van der Waals surface area contributed by atoms with Crippen LogP contribution in [0.5, 0.6) is 0 Å². The third-order valence-corrected chi connectivity index (χ3v) is 2.02. The zero-order chi connectivity index (χ0) is 9.56. The fourth-order valence-electron chi connectivity index (χ4n) is 1.30. The van der Waals surface area contributed by atoms with E-state index in [0.29, 0.717) is 6.54 Å². The second kappa shape index (κ2) is 6.31. The van der Waals surface area contributed by atoms with Gasteiger partial charge in [0, 0.05) is 6.04 Å². The number of hydrogen-bond donors (Lipinski definition) is 1. The summed E-state index contributed by atoms with van der Waals surface area (Å²) >= 11 is 0. The van der Waals surface area contributed by atoms with Crippen molar-refractivity contribution in [3.8, 4) is 0 Å². The first kappa shape index (κ1) is 11.8. The van der Waals surface area contributed by atoms with Gasteiger partial charge < -0.3 is 5.73 Å². The fraction of sp³-hybridized carbons (Fsp3) is 1.00. The van der Waals surface area contributed by atoms with Gasteiger partial charge in [0.05, 0.1) is 6.54 Å². The van der Waals surface area contributed by atoms with E-state index in [1.54, 1.807) is 11.9 Å². The molecule has 74 valence electrons. The molecule has 0 aromatic rings. The van der Waals surface area contributed by atoms with E-state index in [1.165, 1.54) is 0 Å². The molecule has 1 unspecified atom stereocenters. The van der Waals surface area contributed by atoms with Crippen LogP contribution in [0.25, 0.3) is 0 Å². The van der Waals surface area contributed by atoms with E-state index in [2.05, 4.69) is 0 Å². The van der Waals surface area contributed by atoms with Gasteiger partial charge in [-0.25, -0.2) is 8.78 Å². The molecule has 0 rings (SSSR count). The largest absolute Gasteiger partial charge is 0.330 e. The van der Waals surface area contributed by atoms with E-state index in [0.717, 1.165) is 12.8 Å². The molecular weight excluding hydrogens is 162 g/mol. The van der Waals surface area contributed by atoms with Crippen molar-refractivity contribution >= 4 is 0 Å². The second-order valence-corrected chi connectivity index (χ2v) is 2.97. The molecule has 0 saturated carbocycles. The molecule has 0 saturated heterocycles. The van der Waals surface area contributed by atoms with Gasteiger partial charge in [0.1, 0.15) is 0 Å². The van der Waals surface area contributed by atoms with E-state index in [4.69, 9.17) is 5.73 Å². The second-order valence-electron chi connectivity index (χ2n) is 2.97. The molecule has 12 heavy (non-hydrogen) atoms. The number of nitrogens with zero attached hydrogens (tertiary/aromatic N) is 1. The van der Waals surface area contributed by atoms with Crippen LogP contribution in [0.3, 0.4) is 0 Å². The predicted octanol–water partition coefficient (Wildman–Crippen LogP) is 1.31. The molecule has 0 fully saturated rings. The minimum absolute atomic E-state index is 0.154. The molecule has 4 heteroatoms. The SMILES string of the molecule is CCC(CCN)N(C)CC(F)F. The Morgan fingerprint density at radius 3 is 2.33 bits per heavy atom. The van der Waals surface area contributed by atoms with Gasteiger partial charge >= 0.3 is 0 Å². The molecule has 0 aliphatic heterocycles. The highest BCUT2D eigenvalue weighted by Crippen LogP contribution is 2.07. The van der Waals surface area contributed by atoms with E-state index >= 15 is 0 Å². The average molecular weight is 180 g/mol. The fourth-order valence-corrected chi connectivity index (χ4v) is 1.30. The van der Waals surface area contributed by atoms with Gasteiger partial charge in [-0.1, -0.05) is 6.92 Å². The lowest BCUT2D eigenvalue weighted by atomic mass is 10.1. The smallest absolute Gasteiger partial charge is 0.251 e. The maximum absolute atomic E-state index is 11.9. The summed E-state index contributed by atoms with van der Waals surface area (Å²) in [6, 6.07) is 0.198. The molecule has 0 spiro atoms. The maximum Gasteiger partial charge on any atom is 0.251 e.